The van der Waals surface area contributed by atoms with E-state index in [0.717, 1.165) is 10.8 Å². The first kappa shape index (κ1) is 12.1. The molecule has 0 radical (unpaired) electrons. The minimum absolute atomic E-state index is 0.131. The van der Waals surface area contributed by atoms with Crippen LogP contribution >= 0.6 is 0 Å². The number of hydrogen-bond acceptors (Lipinski definition) is 4. The van der Waals surface area contributed by atoms with Crippen molar-refractivity contribution in [2.75, 3.05) is 7.11 Å². The van der Waals surface area contributed by atoms with Crippen LogP contribution in [0.3, 0.4) is 0 Å². The molecule has 3 rings (SSSR count). The normalized spacial score (nSPS) is 12.4. The smallest absolute Gasteiger partial charge is 0.349 e. The highest BCUT2D eigenvalue weighted by atomic mass is 16.5. The van der Waals surface area contributed by atoms with Crippen LogP contribution in [0, 0.1) is 11.3 Å². The quantitative estimate of drug-likeness (QED) is 0.622. The molecule has 0 atom stereocenters. The maximum Gasteiger partial charge on any atom is 0.349 e. The highest BCUT2D eigenvalue weighted by molar-refractivity contribution is 6.20. The Morgan fingerprint density at radius 3 is 2.40 bits per heavy atom. The van der Waals surface area contributed by atoms with E-state index in [2.05, 4.69) is 4.74 Å². The summed E-state index contributed by atoms with van der Waals surface area (Å²) in [6.07, 6.45) is 0. The average molecular weight is 263 g/mol. The Balaban J connectivity index is 2.69. The molecule has 4 heteroatoms. The first-order valence-electron chi connectivity index (χ1n) is 5.98. The molecule has 20 heavy (non-hydrogen) atoms. The predicted molar refractivity (Wildman–Crippen MR) is 75.2 cm³/mol. The maximum atomic E-state index is 12.5. The summed E-state index contributed by atoms with van der Waals surface area (Å²) < 4.78 is 4.59. The van der Waals surface area contributed by atoms with Gasteiger partial charge in [0.15, 0.2) is 5.43 Å². The van der Waals surface area contributed by atoms with Crippen LogP contribution in [0.15, 0.2) is 41.2 Å². The van der Waals surface area contributed by atoms with Crippen molar-refractivity contribution >= 4 is 33.1 Å². The summed E-state index contributed by atoms with van der Waals surface area (Å²) >= 11 is 0. The molecule has 0 heterocycles. The summed E-state index contributed by atoms with van der Waals surface area (Å²) in [6.45, 7) is 0. The fraction of sp³-hybridized carbons (Fsp3) is 0.0625. The van der Waals surface area contributed by atoms with Gasteiger partial charge in [-0.2, -0.15) is 5.26 Å². The fourth-order valence-corrected chi connectivity index (χ4v) is 2.55. The van der Waals surface area contributed by atoms with Crippen molar-refractivity contribution in [2.45, 2.75) is 0 Å². The molecule has 0 saturated carbocycles. The summed E-state index contributed by atoms with van der Waals surface area (Å²) in [7, 11) is 1.19. The van der Waals surface area contributed by atoms with Crippen molar-refractivity contribution in [3.63, 3.8) is 0 Å². The lowest BCUT2D eigenvalue weighted by Gasteiger charge is -1.97. The van der Waals surface area contributed by atoms with Gasteiger partial charge in [-0.15, -0.1) is 0 Å². The van der Waals surface area contributed by atoms with Gasteiger partial charge in [-0.05, 0) is 10.8 Å². The van der Waals surface area contributed by atoms with E-state index >= 15 is 0 Å². The van der Waals surface area contributed by atoms with Gasteiger partial charge in [0.05, 0.1) is 12.3 Å². The first-order chi connectivity index (χ1) is 9.69. The topological polar surface area (TPSA) is 67.2 Å². The molecule has 0 saturated heterocycles. The Kier molecular flexibility index (Phi) is 2.62. The molecule has 0 spiro atoms. The van der Waals surface area contributed by atoms with Gasteiger partial charge in [0.25, 0.3) is 0 Å². The molecule has 0 aliphatic heterocycles. The number of rotatable bonds is 1. The monoisotopic (exact) mass is 263 g/mol. The van der Waals surface area contributed by atoms with Crippen molar-refractivity contribution in [3.8, 4) is 6.07 Å². The van der Waals surface area contributed by atoms with Crippen LogP contribution in [0.25, 0.3) is 27.1 Å². The average Bonchev–Trinajstić information content (AvgIpc) is 2.76. The molecule has 0 aliphatic carbocycles. The molecule has 3 aromatic carbocycles. The molecule has 0 fully saturated rings. The van der Waals surface area contributed by atoms with Crippen LogP contribution in [0.4, 0.5) is 0 Å². The predicted octanol–water partition coefficient (Wildman–Crippen LogP) is 1.36. The van der Waals surface area contributed by atoms with Crippen LogP contribution in [0.2, 0.25) is 0 Å². The molecule has 0 N–H and O–H groups in total. The van der Waals surface area contributed by atoms with E-state index in [-0.39, 0.29) is 16.2 Å². The number of carbonyl (C=O) groups excluding carboxylic acids is 1. The summed E-state index contributed by atoms with van der Waals surface area (Å²) in [5, 5.41) is 12.1. The second-order valence-corrected chi connectivity index (χ2v) is 4.39. The molecule has 0 aliphatic rings. The molecule has 3 aromatic rings. The lowest BCUT2D eigenvalue weighted by molar-refractivity contribution is -0.133. The largest absolute Gasteiger partial charge is 0.465 e. The highest BCUT2D eigenvalue weighted by Gasteiger charge is 2.18. The highest BCUT2D eigenvalue weighted by Crippen LogP contribution is 2.23. The summed E-state index contributed by atoms with van der Waals surface area (Å²) in [5.74, 6) is -0.791. The number of carbonyl (C=O) groups is 1. The van der Waals surface area contributed by atoms with Gasteiger partial charge in [-0.25, -0.2) is 4.79 Å². The molecule has 0 bridgehead atoms. The van der Waals surface area contributed by atoms with Crippen molar-refractivity contribution in [2.24, 2.45) is 0 Å². The second kappa shape index (κ2) is 4.32. The Bertz CT molecular complexity index is 977. The Labute approximate surface area is 113 Å². The zero-order valence-electron chi connectivity index (χ0n) is 10.6. The Hall–Kier alpha value is -2.93. The number of benzene rings is 2. The first-order valence-corrected chi connectivity index (χ1v) is 5.98. The molecular weight excluding hydrogens is 254 g/mol. The van der Waals surface area contributed by atoms with Crippen molar-refractivity contribution in [3.05, 3.63) is 51.8 Å². The van der Waals surface area contributed by atoms with Crippen molar-refractivity contribution in [1.82, 2.24) is 0 Å². The number of hydrogen-bond donors (Lipinski definition) is 0. The number of esters is 1. The summed E-state index contributed by atoms with van der Waals surface area (Å²) in [6, 6.07) is 12.6. The minimum atomic E-state index is -0.791. The van der Waals surface area contributed by atoms with E-state index < -0.39 is 5.97 Å². The van der Waals surface area contributed by atoms with Crippen LogP contribution in [0.5, 0.6) is 0 Å². The van der Waals surface area contributed by atoms with Gasteiger partial charge in [0.2, 0.25) is 0 Å². The minimum Gasteiger partial charge on any atom is -0.465 e. The van der Waals surface area contributed by atoms with Crippen molar-refractivity contribution in [1.29, 1.82) is 5.26 Å². The van der Waals surface area contributed by atoms with Crippen LogP contribution in [-0.4, -0.2) is 13.1 Å². The SMILES string of the molecule is COC(=O)/C(C#N)=c1\c(=O)c2cccc3cccc1c32. The van der Waals surface area contributed by atoms with E-state index in [1.54, 1.807) is 30.3 Å². The molecule has 4 nitrogen and oxygen atoms in total. The molecule has 0 aromatic heterocycles. The van der Waals surface area contributed by atoms with Crippen LogP contribution < -0.4 is 10.6 Å². The summed E-state index contributed by atoms with van der Waals surface area (Å²) in [5.41, 5.74) is -0.556. The van der Waals surface area contributed by atoms with Gasteiger partial charge in [0, 0.05) is 10.8 Å². The van der Waals surface area contributed by atoms with Crippen LogP contribution in [0.1, 0.15) is 0 Å². The number of nitrogens with zero attached hydrogens (tertiary/aromatic N) is 1. The van der Waals surface area contributed by atoms with E-state index in [1.165, 1.54) is 7.11 Å². The zero-order chi connectivity index (χ0) is 14.3. The number of nitriles is 1. The fourth-order valence-electron chi connectivity index (χ4n) is 2.55. The molecule has 0 unspecified atom stereocenters. The number of ether oxygens (including phenoxy) is 1. The van der Waals surface area contributed by atoms with E-state index in [9.17, 15) is 14.9 Å². The van der Waals surface area contributed by atoms with E-state index in [1.807, 2.05) is 12.1 Å². The van der Waals surface area contributed by atoms with Gasteiger partial charge < -0.3 is 4.74 Å². The third-order valence-electron chi connectivity index (χ3n) is 3.40. The van der Waals surface area contributed by atoms with Crippen molar-refractivity contribution < 1.29 is 9.53 Å². The lowest BCUT2D eigenvalue weighted by Crippen LogP contribution is -2.25. The van der Waals surface area contributed by atoms with Gasteiger partial charge in [0.1, 0.15) is 11.6 Å². The number of methoxy groups -OCH3 is 1. The molecule has 96 valence electrons. The Morgan fingerprint density at radius 1 is 1.15 bits per heavy atom. The second-order valence-electron chi connectivity index (χ2n) is 4.39. The van der Waals surface area contributed by atoms with Crippen LogP contribution in [-0.2, 0) is 9.53 Å². The molecular formula is C16H9NO3. The van der Waals surface area contributed by atoms with E-state index in [4.69, 9.17) is 0 Å². The van der Waals surface area contributed by atoms with E-state index in [0.29, 0.717) is 10.8 Å². The third-order valence-corrected chi connectivity index (χ3v) is 3.40. The maximum absolute atomic E-state index is 12.5. The standard InChI is InChI=1S/C16H9NO3/c1-20-16(19)12(8-17)14-10-6-2-4-9-5-3-7-11(13(9)10)15(14)18/h2-7H,1H3/b14-12-. The van der Waals surface area contributed by atoms with Gasteiger partial charge >= 0.3 is 5.97 Å². The van der Waals surface area contributed by atoms with Gasteiger partial charge in [-0.1, -0.05) is 36.4 Å². The van der Waals surface area contributed by atoms with Gasteiger partial charge in [-0.3, -0.25) is 4.79 Å². The Morgan fingerprint density at radius 2 is 1.80 bits per heavy atom. The zero-order valence-corrected chi connectivity index (χ0v) is 10.6. The molecule has 0 amide bonds. The third kappa shape index (κ3) is 1.47. The lowest BCUT2D eigenvalue weighted by atomic mass is 10.1. The summed E-state index contributed by atoms with van der Waals surface area (Å²) in [4.78, 5) is 24.2.